The van der Waals surface area contributed by atoms with Gasteiger partial charge >= 0.3 is 0 Å². The average molecular weight is 350 g/mol. The SMILES string of the molecule is O=C(Nc1ccc(N2CCNCC2)c(F)c1)c1cc(Cl)ccc1O. The molecule has 1 heterocycles. The Morgan fingerprint density at radius 2 is 1.96 bits per heavy atom. The van der Waals surface area contributed by atoms with Gasteiger partial charge in [0.25, 0.3) is 5.91 Å². The number of halogens is 2. The van der Waals surface area contributed by atoms with Crippen molar-refractivity contribution in [1.82, 2.24) is 5.32 Å². The van der Waals surface area contributed by atoms with Crippen molar-refractivity contribution in [3.05, 3.63) is 52.8 Å². The molecular weight excluding hydrogens is 333 g/mol. The fourth-order valence-corrected chi connectivity index (χ4v) is 2.81. The maximum absolute atomic E-state index is 14.3. The lowest BCUT2D eigenvalue weighted by molar-refractivity contribution is 0.102. The molecule has 126 valence electrons. The van der Waals surface area contributed by atoms with Crippen LogP contribution in [0, 0.1) is 5.82 Å². The van der Waals surface area contributed by atoms with Gasteiger partial charge in [0.2, 0.25) is 0 Å². The number of carbonyl (C=O) groups is 1. The number of aromatic hydroxyl groups is 1. The molecule has 0 atom stereocenters. The predicted octanol–water partition coefficient (Wildman–Crippen LogP) is 2.85. The van der Waals surface area contributed by atoms with Crippen molar-refractivity contribution >= 4 is 28.9 Å². The number of piperazine rings is 1. The van der Waals surface area contributed by atoms with Crippen LogP contribution in [0.1, 0.15) is 10.4 Å². The fourth-order valence-electron chi connectivity index (χ4n) is 2.64. The fraction of sp³-hybridized carbons (Fsp3) is 0.235. The Morgan fingerprint density at radius 1 is 1.21 bits per heavy atom. The summed E-state index contributed by atoms with van der Waals surface area (Å²) in [6, 6.07) is 8.74. The highest BCUT2D eigenvalue weighted by Crippen LogP contribution is 2.25. The second-order valence-corrected chi connectivity index (χ2v) is 5.96. The van der Waals surface area contributed by atoms with E-state index in [9.17, 15) is 14.3 Å². The second-order valence-electron chi connectivity index (χ2n) is 5.52. The predicted molar refractivity (Wildman–Crippen MR) is 92.6 cm³/mol. The van der Waals surface area contributed by atoms with Crippen molar-refractivity contribution < 1.29 is 14.3 Å². The van der Waals surface area contributed by atoms with E-state index in [-0.39, 0.29) is 11.3 Å². The number of nitrogens with zero attached hydrogens (tertiary/aromatic N) is 1. The molecule has 1 fully saturated rings. The van der Waals surface area contributed by atoms with Crippen molar-refractivity contribution in [2.24, 2.45) is 0 Å². The van der Waals surface area contributed by atoms with Gasteiger partial charge in [-0.1, -0.05) is 11.6 Å². The minimum atomic E-state index is -0.552. The molecule has 2 aromatic carbocycles. The number of amides is 1. The Balaban J connectivity index is 1.77. The molecule has 1 amide bonds. The molecule has 0 saturated carbocycles. The van der Waals surface area contributed by atoms with Crippen LogP contribution < -0.4 is 15.5 Å². The van der Waals surface area contributed by atoms with Crippen LogP contribution in [0.2, 0.25) is 5.02 Å². The van der Waals surface area contributed by atoms with Gasteiger partial charge in [0.15, 0.2) is 0 Å². The topological polar surface area (TPSA) is 64.6 Å². The number of phenolic OH excluding ortho intramolecular Hbond substituents is 1. The van der Waals surface area contributed by atoms with Crippen molar-refractivity contribution in [1.29, 1.82) is 0 Å². The van der Waals surface area contributed by atoms with Gasteiger partial charge in [-0.3, -0.25) is 4.79 Å². The number of phenols is 1. The van der Waals surface area contributed by atoms with Crippen LogP contribution in [0.25, 0.3) is 0 Å². The maximum Gasteiger partial charge on any atom is 0.259 e. The Labute approximate surface area is 144 Å². The van der Waals surface area contributed by atoms with Gasteiger partial charge in [-0.15, -0.1) is 0 Å². The zero-order valence-corrected chi connectivity index (χ0v) is 13.6. The van der Waals surface area contributed by atoms with Gasteiger partial charge in [0, 0.05) is 36.9 Å². The van der Waals surface area contributed by atoms with Crippen LogP contribution in [0.3, 0.4) is 0 Å². The molecule has 3 rings (SSSR count). The molecule has 0 aromatic heterocycles. The minimum Gasteiger partial charge on any atom is -0.507 e. The van der Waals surface area contributed by atoms with Crippen LogP contribution in [0.4, 0.5) is 15.8 Å². The Morgan fingerprint density at radius 3 is 2.67 bits per heavy atom. The molecule has 0 spiro atoms. The van der Waals surface area contributed by atoms with Crippen molar-refractivity contribution in [2.75, 3.05) is 36.4 Å². The van der Waals surface area contributed by atoms with E-state index in [1.54, 1.807) is 12.1 Å². The quantitative estimate of drug-likeness (QED) is 0.797. The Hall–Kier alpha value is -2.31. The number of hydrogen-bond donors (Lipinski definition) is 3. The summed E-state index contributed by atoms with van der Waals surface area (Å²) >= 11 is 5.83. The third kappa shape index (κ3) is 3.60. The number of benzene rings is 2. The molecule has 5 nitrogen and oxygen atoms in total. The normalized spacial score (nSPS) is 14.5. The van der Waals surface area contributed by atoms with Gasteiger partial charge in [-0.25, -0.2) is 4.39 Å². The lowest BCUT2D eigenvalue weighted by Gasteiger charge is -2.29. The largest absolute Gasteiger partial charge is 0.507 e. The molecular formula is C17H17ClFN3O2. The number of rotatable bonds is 3. The van der Waals surface area contributed by atoms with Gasteiger partial charge in [0.1, 0.15) is 11.6 Å². The molecule has 0 aliphatic carbocycles. The smallest absolute Gasteiger partial charge is 0.259 e. The first-order valence-electron chi connectivity index (χ1n) is 7.59. The maximum atomic E-state index is 14.3. The van der Waals surface area contributed by atoms with E-state index >= 15 is 0 Å². The van der Waals surface area contributed by atoms with E-state index in [0.717, 1.165) is 26.2 Å². The number of hydrogen-bond acceptors (Lipinski definition) is 4. The summed E-state index contributed by atoms with van der Waals surface area (Å²) in [6.45, 7) is 3.09. The van der Waals surface area contributed by atoms with E-state index in [0.29, 0.717) is 16.4 Å². The monoisotopic (exact) mass is 349 g/mol. The Bertz CT molecular complexity index is 763. The molecule has 0 bridgehead atoms. The molecule has 1 aliphatic rings. The van der Waals surface area contributed by atoms with E-state index in [4.69, 9.17) is 11.6 Å². The van der Waals surface area contributed by atoms with E-state index in [1.165, 1.54) is 24.3 Å². The van der Waals surface area contributed by atoms with Crippen molar-refractivity contribution in [2.45, 2.75) is 0 Å². The van der Waals surface area contributed by atoms with Crippen LogP contribution in [0.15, 0.2) is 36.4 Å². The second kappa shape index (κ2) is 7.07. The molecule has 24 heavy (non-hydrogen) atoms. The molecule has 1 saturated heterocycles. The highest BCUT2D eigenvalue weighted by atomic mass is 35.5. The number of carbonyl (C=O) groups excluding carboxylic acids is 1. The summed E-state index contributed by atoms with van der Waals surface area (Å²) in [5, 5.41) is 15.9. The standard InChI is InChI=1S/C17H17ClFN3O2/c18-11-1-4-16(23)13(9-11)17(24)21-12-2-3-15(14(19)10-12)22-7-5-20-6-8-22/h1-4,9-10,20,23H,5-8H2,(H,21,24). The van der Waals surface area contributed by atoms with Gasteiger partial charge < -0.3 is 20.6 Å². The summed E-state index contributed by atoms with van der Waals surface area (Å²) < 4.78 is 14.3. The van der Waals surface area contributed by atoms with E-state index in [1.807, 2.05) is 4.90 Å². The molecule has 2 aromatic rings. The van der Waals surface area contributed by atoms with Gasteiger partial charge in [-0.2, -0.15) is 0 Å². The number of nitrogens with one attached hydrogen (secondary N) is 2. The summed E-state index contributed by atoms with van der Waals surface area (Å²) in [5.41, 5.74) is 0.866. The minimum absolute atomic E-state index is 0.0362. The number of anilines is 2. The highest BCUT2D eigenvalue weighted by Gasteiger charge is 2.16. The van der Waals surface area contributed by atoms with Crippen molar-refractivity contribution in [3.8, 4) is 5.75 Å². The first-order chi connectivity index (χ1) is 11.5. The molecule has 0 unspecified atom stereocenters. The van der Waals surface area contributed by atoms with E-state index < -0.39 is 11.7 Å². The van der Waals surface area contributed by atoms with Crippen molar-refractivity contribution in [3.63, 3.8) is 0 Å². The molecule has 3 N–H and O–H groups in total. The Kier molecular flexibility index (Phi) is 4.87. The molecule has 7 heteroatoms. The summed E-state index contributed by atoms with van der Waals surface area (Å²) in [7, 11) is 0. The van der Waals surface area contributed by atoms with Crippen LogP contribution in [-0.2, 0) is 0 Å². The summed E-state index contributed by atoms with van der Waals surface area (Å²) in [5.74, 6) is -1.14. The summed E-state index contributed by atoms with van der Waals surface area (Å²) in [6.07, 6.45) is 0. The highest BCUT2D eigenvalue weighted by molar-refractivity contribution is 6.31. The average Bonchev–Trinajstić information content (AvgIpc) is 2.58. The third-order valence-electron chi connectivity index (χ3n) is 3.87. The van der Waals surface area contributed by atoms with Crippen LogP contribution in [0.5, 0.6) is 5.75 Å². The third-order valence-corrected chi connectivity index (χ3v) is 4.10. The van der Waals surface area contributed by atoms with Crippen LogP contribution in [-0.4, -0.2) is 37.2 Å². The lowest BCUT2D eigenvalue weighted by atomic mass is 10.1. The first kappa shape index (κ1) is 16.5. The van der Waals surface area contributed by atoms with Gasteiger partial charge in [-0.05, 0) is 36.4 Å². The lowest BCUT2D eigenvalue weighted by Crippen LogP contribution is -2.43. The first-order valence-corrected chi connectivity index (χ1v) is 7.97. The van der Waals surface area contributed by atoms with E-state index in [2.05, 4.69) is 10.6 Å². The molecule has 0 radical (unpaired) electrons. The summed E-state index contributed by atoms with van der Waals surface area (Å²) in [4.78, 5) is 14.2. The zero-order valence-electron chi connectivity index (χ0n) is 12.9. The zero-order chi connectivity index (χ0) is 17.1. The molecule has 1 aliphatic heterocycles. The van der Waals surface area contributed by atoms with Gasteiger partial charge in [0.05, 0.1) is 11.3 Å². The van der Waals surface area contributed by atoms with Crippen LogP contribution >= 0.6 is 11.6 Å².